The second-order valence-corrected chi connectivity index (χ2v) is 2.88. The van der Waals surface area contributed by atoms with Gasteiger partial charge in [-0.25, -0.2) is 9.37 Å². The normalized spacial score (nSPS) is 10.7. The number of aromatic nitrogens is 2. The average molecular weight is 215 g/mol. The van der Waals surface area contributed by atoms with Gasteiger partial charge in [0.1, 0.15) is 5.82 Å². The highest BCUT2D eigenvalue weighted by molar-refractivity contribution is 9.10. The topological polar surface area (TPSA) is 17.3 Å². The Morgan fingerprint density at radius 3 is 3.18 bits per heavy atom. The molecule has 4 heteroatoms. The minimum Gasteiger partial charge on any atom is -0.294 e. The van der Waals surface area contributed by atoms with Crippen molar-refractivity contribution in [3.63, 3.8) is 0 Å². The molecule has 0 atom stereocenters. The van der Waals surface area contributed by atoms with Crippen molar-refractivity contribution >= 4 is 21.4 Å². The lowest BCUT2D eigenvalue weighted by Gasteiger charge is -1.92. The SMILES string of the molecule is Fc1ccn2c(Br)ncc2c1. The summed E-state index contributed by atoms with van der Waals surface area (Å²) in [6.45, 7) is 0. The summed E-state index contributed by atoms with van der Waals surface area (Å²) in [6.07, 6.45) is 3.23. The van der Waals surface area contributed by atoms with Crippen molar-refractivity contribution in [2.24, 2.45) is 0 Å². The molecule has 2 aromatic rings. The molecule has 0 bridgehead atoms. The van der Waals surface area contributed by atoms with E-state index < -0.39 is 0 Å². The lowest BCUT2D eigenvalue weighted by molar-refractivity contribution is 0.626. The largest absolute Gasteiger partial charge is 0.294 e. The molecule has 2 aromatic heterocycles. The first-order chi connectivity index (χ1) is 5.27. The predicted molar refractivity (Wildman–Crippen MR) is 42.9 cm³/mol. The molecule has 0 spiro atoms. The van der Waals surface area contributed by atoms with E-state index >= 15 is 0 Å². The van der Waals surface area contributed by atoms with Gasteiger partial charge in [-0.05, 0) is 28.1 Å². The van der Waals surface area contributed by atoms with Crippen LogP contribution in [0.5, 0.6) is 0 Å². The van der Waals surface area contributed by atoms with E-state index in [9.17, 15) is 4.39 Å². The molecule has 0 aliphatic carbocycles. The Hall–Kier alpha value is -0.900. The van der Waals surface area contributed by atoms with Gasteiger partial charge in [-0.3, -0.25) is 4.40 Å². The van der Waals surface area contributed by atoms with E-state index in [0.29, 0.717) is 4.73 Å². The van der Waals surface area contributed by atoms with E-state index in [1.807, 2.05) is 0 Å². The van der Waals surface area contributed by atoms with Crippen molar-refractivity contribution in [2.45, 2.75) is 0 Å². The Labute approximate surface area is 70.8 Å². The third-order valence-corrected chi connectivity index (χ3v) is 2.04. The molecule has 0 aromatic carbocycles. The highest BCUT2D eigenvalue weighted by Crippen LogP contribution is 2.12. The van der Waals surface area contributed by atoms with Crippen LogP contribution in [0.15, 0.2) is 29.3 Å². The molecule has 0 saturated carbocycles. The molecule has 0 radical (unpaired) electrons. The maximum absolute atomic E-state index is 12.6. The van der Waals surface area contributed by atoms with E-state index in [2.05, 4.69) is 20.9 Å². The van der Waals surface area contributed by atoms with Crippen LogP contribution in [0, 0.1) is 5.82 Å². The van der Waals surface area contributed by atoms with Crippen LogP contribution in [0.2, 0.25) is 0 Å². The lowest BCUT2D eigenvalue weighted by Crippen LogP contribution is -1.83. The summed E-state index contributed by atoms with van der Waals surface area (Å²) in [7, 11) is 0. The summed E-state index contributed by atoms with van der Waals surface area (Å²) in [4.78, 5) is 3.95. The number of imidazole rings is 1. The van der Waals surface area contributed by atoms with Gasteiger partial charge >= 0.3 is 0 Å². The van der Waals surface area contributed by atoms with Crippen LogP contribution in [-0.4, -0.2) is 9.38 Å². The maximum atomic E-state index is 12.6. The molecule has 0 fully saturated rings. The Morgan fingerprint density at radius 2 is 2.36 bits per heavy atom. The van der Waals surface area contributed by atoms with Gasteiger partial charge in [-0.2, -0.15) is 0 Å². The molecule has 0 unspecified atom stereocenters. The fourth-order valence-electron chi connectivity index (χ4n) is 0.940. The van der Waals surface area contributed by atoms with Gasteiger partial charge in [0.05, 0.1) is 11.7 Å². The van der Waals surface area contributed by atoms with Crippen LogP contribution in [-0.2, 0) is 0 Å². The third-order valence-electron chi connectivity index (χ3n) is 1.45. The van der Waals surface area contributed by atoms with E-state index in [0.717, 1.165) is 5.52 Å². The van der Waals surface area contributed by atoms with Crippen LogP contribution in [0.4, 0.5) is 4.39 Å². The second-order valence-electron chi connectivity index (χ2n) is 2.17. The minimum absolute atomic E-state index is 0.245. The first-order valence-corrected chi connectivity index (χ1v) is 3.85. The van der Waals surface area contributed by atoms with Crippen molar-refractivity contribution < 1.29 is 4.39 Å². The molecule has 0 aliphatic heterocycles. The quantitative estimate of drug-likeness (QED) is 0.658. The molecule has 56 valence electrons. The molecule has 0 N–H and O–H groups in total. The summed E-state index contributed by atoms with van der Waals surface area (Å²) in [6, 6.07) is 2.82. The van der Waals surface area contributed by atoms with Crippen LogP contribution < -0.4 is 0 Å². The summed E-state index contributed by atoms with van der Waals surface area (Å²) < 4.78 is 15.0. The highest BCUT2D eigenvalue weighted by Gasteiger charge is 1.99. The highest BCUT2D eigenvalue weighted by atomic mass is 79.9. The first-order valence-electron chi connectivity index (χ1n) is 3.05. The van der Waals surface area contributed by atoms with Crippen molar-refractivity contribution in [3.8, 4) is 0 Å². The Kier molecular flexibility index (Phi) is 1.42. The van der Waals surface area contributed by atoms with Gasteiger partial charge in [0, 0.05) is 6.20 Å². The van der Waals surface area contributed by atoms with Gasteiger partial charge in [0.2, 0.25) is 0 Å². The van der Waals surface area contributed by atoms with Crippen molar-refractivity contribution in [3.05, 3.63) is 35.1 Å². The van der Waals surface area contributed by atoms with Crippen LogP contribution in [0.3, 0.4) is 0 Å². The molecule has 0 saturated heterocycles. The van der Waals surface area contributed by atoms with E-state index in [1.54, 1.807) is 16.8 Å². The third kappa shape index (κ3) is 1.03. The summed E-state index contributed by atoms with van der Waals surface area (Å²) >= 11 is 3.22. The van der Waals surface area contributed by atoms with Gasteiger partial charge in [0.25, 0.3) is 0 Å². The van der Waals surface area contributed by atoms with E-state index in [-0.39, 0.29) is 5.82 Å². The average Bonchev–Trinajstić information content (AvgIpc) is 2.32. The zero-order chi connectivity index (χ0) is 7.84. The fraction of sp³-hybridized carbons (Fsp3) is 0. The number of pyridine rings is 1. The van der Waals surface area contributed by atoms with Crippen LogP contribution in [0.1, 0.15) is 0 Å². The number of hydrogen-bond donors (Lipinski definition) is 0. The number of nitrogens with zero attached hydrogens (tertiary/aromatic N) is 2. The molecule has 2 rings (SSSR count). The number of fused-ring (bicyclic) bond motifs is 1. The van der Waals surface area contributed by atoms with Gasteiger partial charge < -0.3 is 0 Å². The Balaban J connectivity index is 2.86. The van der Waals surface area contributed by atoms with Crippen LogP contribution in [0.25, 0.3) is 5.52 Å². The standard InChI is InChI=1S/C7H4BrFN2/c8-7-10-4-6-3-5(9)1-2-11(6)7/h1-4H. The predicted octanol–water partition coefficient (Wildman–Crippen LogP) is 2.24. The first kappa shape index (κ1) is 6.79. The molecule has 0 aliphatic rings. The van der Waals surface area contributed by atoms with Crippen molar-refractivity contribution in [2.75, 3.05) is 0 Å². The molecule has 2 heterocycles. The monoisotopic (exact) mass is 214 g/mol. The summed E-state index contributed by atoms with van der Waals surface area (Å²) in [5, 5.41) is 0. The minimum atomic E-state index is -0.245. The number of hydrogen-bond acceptors (Lipinski definition) is 1. The van der Waals surface area contributed by atoms with Crippen LogP contribution >= 0.6 is 15.9 Å². The molecule has 0 amide bonds. The smallest absolute Gasteiger partial charge is 0.181 e. The van der Waals surface area contributed by atoms with Gasteiger partial charge in [-0.1, -0.05) is 0 Å². The zero-order valence-electron chi connectivity index (χ0n) is 5.46. The lowest BCUT2D eigenvalue weighted by atomic mass is 10.4. The maximum Gasteiger partial charge on any atom is 0.181 e. The number of rotatable bonds is 0. The zero-order valence-corrected chi connectivity index (χ0v) is 7.05. The van der Waals surface area contributed by atoms with Crippen molar-refractivity contribution in [1.82, 2.24) is 9.38 Å². The Morgan fingerprint density at radius 1 is 1.55 bits per heavy atom. The van der Waals surface area contributed by atoms with E-state index in [4.69, 9.17) is 0 Å². The fourth-order valence-corrected chi connectivity index (χ4v) is 1.37. The molecular weight excluding hydrogens is 211 g/mol. The van der Waals surface area contributed by atoms with Gasteiger partial charge in [-0.15, -0.1) is 0 Å². The Bertz CT molecular complexity index is 396. The molecule has 11 heavy (non-hydrogen) atoms. The van der Waals surface area contributed by atoms with Crippen molar-refractivity contribution in [1.29, 1.82) is 0 Å². The summed E-state index contributed by atoms with van der Waals surface area (Å²) in [5.74, 6) is -0.245. The second kappa shape index (κ2) is 2.30. The molecule has 2 nitrogen and oxygen atoms in total. The summed E-state index contributed by atoms with van der Waals surface area (Å²) in [5.41, 5.74) is 0.747. The number of halogens is 2. The van der Waals surface area contributed by atoms with Gasteiger partial charge in [0.15, 0.2) is 4.73 Å². The van der Waals surface area contributed by atoms with E-state index in [1.165, 1.54) is 12.1 Å². The molecular formula is C7H4BrFN2.